The van der Waals surface area contributed by atoms with Gasteiger partial charge in [0.15, 0.2) is 0 Å². The van der Waals surface area contributed by atoms with Crippen LogP contribution in [0, 0.1) is 0 Å². The van der Waals surface area contributed by atoms with Crippen LogP contribution in [-0.4, -0.2) is 16.8 Å². The van der Waals surface area contributed by atoms with Crippen molar-refractivity contribution in [1.82, 2.24) is 10.4 Å². The van der Waals surface area contributed by atoms with Crippen LogP contribution in [-0.2, 0) is 11.2 Å². The lowest BCUT2D eigenvalue weighted by molar-refractivity contribution is -0.125. The maximum absolute atomic E-state index is 13.2. The highest BCUT2D eigenvalue weighted by Crippen LogP contribution is 2.33. The van der Waals surface area contributed by atoms with Crippen molar-refractivity contribution in [2.45, 2.75) is 19.0 Å². The molecular weight excluding hydrogens is 430 g/mol. The van der Waals surface area contributed by atoms with Crippen LogP contribution in [0.3, 0.4) is 0 Å². The Morgan fingerprint density at radius 2 is 1.69 bits per heavy atom. The van der Waals surface area contributed by atoms with E-state index >= 15 is 0 Å². The first-order chi connectivity index (χ1) is 14.1. The molecule has 0 aromatic heterocycles. The number of benzene rings is 3. The number of halogens is 1. The average Bonchev–Trinajstić information content (AvgIpc) is 2.76. The first-order valence-electron chi connectivity index (χ1n) is 9.40. The Labute approximate surface area is 177 Å². The summed E-state index contributed by atoms with van der Waals surface area (Å²) in [6.07, 6.45) is 0.416. The molecule has 3 aromatic carbocycles. The summed E-state index contributed by atoms with van der Waals surface area (Å²) < 4.78 is 0.805. The topological polar surface area (TPSA) is 61.4 Å². The molecule has 0 radical (unpaired) electrons. The first kappa shape index (κ1) is 19.2. The molecule has 0 bridgehead atoms. The van der Waals surface area contributed by atoms with Crippen molar-refractivity contribution in [3.8, 4) is 0 Å². The van der Waals surface area contributed by atoms with E-state index in [9.17, 15) is 9.59 Å². The number of hydrogen-bond donors (Lipinski definition) is 2. The fourth-order valence-electron chi connectivity index (χ4n) is 3.35. The van der Waals surface area contributed by atoms with E-state index < -0.39 is 6.17 Å². The third-order valence-electron chi connectivity index (χ3n) is 4.83. The fourth-order valence-corrected chi connectivity index (χ4v) is 3.72. The first-order valence-corrected chi connectivity index (χ1v) is 10.2. The number of carbonyl (C=O) groups is 2. The predicted molar refractivity (Wildman–Crippen MR) is 116 cm³/mol. The Morgan fingerprint density at radius 3 is 2.41 bits per heavy atom. The van der Waals surface area contributed by atoms with Gasteiger partial charge in [0.25, 0.3) is 5.91 Å². The molecule has 29 heavy (non-hydrogen) atoms. The van der Waals surface area contributed by atoms with Crippen LogP contribution >= 0.6 is 15.9 Å². The summed E-state index contributed by atoms with van der Waals surface area (Å²) in [6, 6.07) is 24.9. The lowest BCUT2D eigenvalue weighted by Gasteiger charge is -2.37. The normalized spacial score (nSPS) is 15.4. The Hall–Kier alpha value is -3.12. The van der Waals surface area contributed by atoms with Gasteiger partial charge in [-0.1, -0.05) is 76.6 Å². The highest BCUT2D eigenvalue weighted by atomic mass is 79.9. The molecule has 0 saturated heterocycles. The van der Waals surface area contributed by atoms with E-state index in [1.54, 1.807) is 6.07 Å². The summed E-state index contributed by atoms with van der Waals surface area (Å²) in [5, 5.41) is 4.76. The van der Waals surface area contributed by atoms with Crippen LogP contribution < -0.4 is 10.7 Å². The van der Waals surface area contributed by atoms with Crippen molar-refractivity contribution in [1.29, 1.82) is 0 Å². The van der Waals surface area contributed by atoms with Crippen molar-refractivity contribution in [3.63, 3.8) is 0 Å². The second-order valence-electron chi connectivity index (χ2n) is 6.84. The zero-order valence-electron chi connectivity index (χ0n) is 15.6. The van der Waals surface area contributed by atoms with Gasteiger partial charge < -0.3 is 5.32 Å². The van der Waals surface area contributed by atoms with E-state index in [4.69, 9.17) is 0 Å². The highest BCUT2D eigenvalue weighted by Gasteiger charge is 2.34. The molecule has 3 aromatic rings. The molecule has 0 saturated carbocycles. The van der Waals surface area contributed by atoms with Gasteiger partial charge in [-0.05, 0) is 35.7 Å². The molecule has 0 spiro atoms. The molecule has 146 valence electrons. The summed E-state index contributed by atoms with van der Waals surface area (Å²) in [7, 11) is 0. The summed E-state index contributed by atoms with van der Waals surface area (Å²) in [6.45, 7) is 0. The number of aryl methyl sites for hydroxylation is 1. The predicted octanol–water partition coefficient (Wildman–Crippen LogP) is 4.68. The summed E-state index contributed by atoms with van der Waals surface area (Å²) in [4.78, 5) is 25.9. The lowest BCUT2D eigenvalue weighted by Crippen LogP contribution is -2.52. The summed E-state index contributed by atoms with van der Waals surface area (Å²) >= 11 is 3.41. The van der Waals surface area contributed by atoms with Crippen LogP contribution in [0.4, 0.5) is 5.69 Å². The van der Waals surface area contributed by atoms with Crippen molar-refractivity contribution in [3.05, 3.63) is 100 Å². The fraction of sp³-hybridized carbons (Fsp3) is 0.130. The molecule has 6 heteroatoms. The molecule has 1 heterocycles. The van der Waals surface area contributed by atoms with E-state index in [-0.39, 0.29) is 11.8 Å². The Kier molecular flexibility index (Phi) is 5.62. The van der Waals surface area contributed by atoms with Gasteiger partial charge in [-0.3, -0.25) is 15.0 Å². The maximum atomic E-state index is 13.2. The molecule has 0 aliphatic carbocycles. The number of hydrogen-bond acceptors (Lipinski definition) is 3. The second kappa shape index (κ2) is 8.49. The van der Waals surface area contributed by atoms with Crippen LogP contribution in [0.25, 0.3) is 0 Å². The Bertz CT molecular complexity index is 1020. The van der Waals surface area contributed by atoms with Gasteiger partial charge in [0.1, 0.15) is 6.17 Å². The Balaban J connectivity index is 1.57. The van der Waals surface area contributed by atoms with Crippen LogP contribution in [0.2, 0.25) is 0 Å². The van der Waals surface area contributed by atoms with Crippen molar-refractivity contribution >= 4 is 33.4 Å². The Morgan fingerprint density at radius 1 is 1.00 bits per heavy atom. The zero-order chi connectivity index (χ0) is 20.2. The zero-order valence-corrected chi connectivity index (χ0v) is 17.2. The second-order valence-corrected chi connectivity index (χ2v) is 7.76. The molecule has 1 unspecified atom stereocenters. The molecule has 4 rings (SSSR count). The molecule has 1 aliphatic heterocycles. The van der Waals surface area contributed by atoms with Gasteiger partial charge >= 0.3 is 0 Å². The van der Waals surface area contributed by atoms with Crippen molar-refractivity contribution in [2.75, 3.05) is 5.32 Å². The van der Waals surface area contributed by atoms with E-state index in [1.807, 2.05) is 72.8 Å². The maximum Gasteiger partial charge on any atom is 0.276 e. The SMILES string of the molecule is O=C(CCc1ccccc1)NN1C(=O)c2cc(Br)ccc2NC1c1ccccc1. The minimum absolute atomic E-state index is 0.205. The van der Waals surface area contributed by atoms with Gasteiger partial charge in [0.2, 0.25) is 5.91 Å². The van der Waals surface area contributed by atoms with Crippen LogP contribution in [0.1, 0.15) is 34.1 Å². The monoisotopic (exact) mass is 449 g/mol. The van der Waals surface area contributed by atoms with E-state index in [0.717, 1.165) is 21.3 Å². The molecular formula is C23H20BrN3O2. The molecule has 2 N–H and O–H groups in total. The van der Waals surface area contributed by atoms with Gasteiger partial charge in [-0.2, -0.15) is 0 Å². The lowest BCUT2D eigenvalue weighted by atomic mass is 10.0. The van der Waals surface area contributed by atoms with Gasteiger partial charge in [-0.15, -0.1) is 0 Å². The minimum Gasteiger partial charge on any atom is -0.359 e. The van der Waals surface area contributed by atoms with E-state index in [2.05, 4.69) is 26.7 Å². The third-order valence-corrected chi connectivity index (χ3v) is 5.32. The molecule has 0 fully saturated rings. The summed E-state index contributed by atoms with van der Waals surface area (Å²) in [5.74, 6) is -0.453. The number of nitrogens with one attached hydrogen (secondary N) is 2. The van der Waals surface area contributed by atoms with Gasteiger partial charge in [0, 0.05) is 16.6 Å². The van der Waals surface area contributed by atoms with Gasteiger partial charge in [-0.25, -0.2) is 5.01 Å². The number of hydrazine groups is 1. The molecule has 5 nitrogen and oxygen atoms in total. The molecule has 1 aliphatic rings. The van der Waals surface area contributed by atoms with E-state index in [1.165, 1.54) is 5.01 Å². The number of carbonyl (C=O) groups excluding carboxylic acids is 2. The summed E-state index contributed by atoms with van der Waals surface area (Å²) in [5.41, 5.74) is 6.03. The number of anilines is 1. The third kappa shape index (κ3) is 4.32. The number of nitrogens with zero attached hydrogens (tertiary/aromatic N) is 1. The highest BCUT2D eigenvalue weighted by molar-refractivity contribution is 9.10. The minimum atomic E-state index is -0.488. The van der Waals surface area contributed by atoms with Crippen molar-refractivity contribution < 1.29 is 9.59 Å². The standard InChI is InChI=1S/C23H20BrN3O2/c24-18-12-13-20-19(15-18)23(29)27(22(25-20)17-9-5-2-6-10-17)26-21(28)14-11-16-7-3-1-4-8-16/h1-10,12-13,15,22,25H,11,14H2,(H,26,28). The largest absolute Gasteiger partial charge is 0.359 e. The van der Waals surface area contributed by atoms with Gasteiger partial charge in [0.05, 0.1) is 5.56 Å². The number of fused-ring (bicyclic) bond motifs is 1. The van der Waals surface area contributed by atoms with Crippen LogP contribution in [0.15, 0.2) is 83.3 Å². The van der Waals surface area contributed by atoms with Crippen molar-refractivity contribution in [2.24, 2.45) is 0 Å². The van der Waals surface area contributed by atoms with E-state index in [0.29, 0.717) is 18.4 Å². The van der Waals surface area contributed by atoms with Crippen LogP contribution in [0.5, 0.6) is 0 Å². The number of rotatable bonds is 5. The smallest absolute Gasteiger partial charge is 0.276 e. The molecule has 2 amide bonds. The number of amides is 2. The molecule has 1 atom stereocenters. The quantitative estimate of drug-likeness (QED) is 0.594. The average molecular weight is 450 g/mol.